The molecule has 1 aromatic rings. The fourth-order valence-corrected chi connectivity index (χ4v) is 1.61. The molecule has 0 saturated heterocycles. The summed E-state index contributed by atoms with van der Waals surface area (Å²) in [7, 11) is 0. The van der Waals surface area contributed by atoms with Crippen molar-refractivity contribution in [3.63, 3.8) is 0 Å². The lowest BCUT2D eigenvalue weighted by Gasteiger charge is -2.08. The molecule has 1 aromatic heterocycles. The van der Waals surface area contributed by atoms with Crippen LogP contribution in [0.3, 0.4) is 0 Å². The van der Waals surface area contributed by atoms with Crippen LogP contribution >= 0.6 is 0 Å². The molecule has 0 saturated carbocycles. The van der Waals surface area contributed by atoms with Gasteiger partial charge in [0.1, 0.15) is 0 Å². The summed E-state index contributed by atoms with van der Waals surface area (Å²) in [6.07, 6.45) is 2.31. The molecule has 0 amide bonds. The molecule has 0 radical (unpaired) electrons. The molecule has 0 aliphatic rings. The average Bonchev–Trinajstić information content (AvgIpc) is 2.33. The Kier molecular flexibility index (Phi) is 5.35. The van der Waals surface area contributed by atoms with Crippen LogP contribution in [0.15, 0.2) is 21.9 Å². The van der Waals surface area contributed by atoms with Crippen molar-refractivity contribution in [1.29, 1.82) is 0 Å². The molecule has 1 rings (SSSR count). The third kappa shape index (κ3) is 3.58. The van der Waals surface area contributed by atoms with Gasteiger partial charge in [0, 0.05) is 25.4 Å². The molecule has 0 N–H and O–H groups in total. The highest BCUT2D eigenvalue weighted by Crippen LogP contribution is 1.90. The molecule has 1 heterocycles. The number of esters is 1. The number of hydrogen-bond acceptors (Lipinski definition) is 4. The molecule has 18 heavy (non-hydrogen) atoms. The van der Waals surface area contributed by atoms with E-state index in [2.05, 4.69) is 0 Å². The minimum absolute atomic E-state index is 0.0269. The standard InChI is InChI=1S/C12H18N2O4/c1-3-7-13-8-5-10(15)14(12(13)17)9-6-11(16)18-4-2/h5,8H,3-4,6-7,9H2,1-2H3. The lowest BCUT2D eigenvalue weighted by molar-refractivity contribution is -0.143. The summed E-state index contributed by atoms with van der Waals surface area (Å²) in [6, 6.07) is 1.34. The van der Waals surface area contributed by atoms with Crippen LogP contribution in [0.25, 0.3) is 0 Å². The average molecular weight is 254 g/mol. The van der Waals surface area contributed by atoms with Crippen molar-refractivity contribution < 1.29 is 9.53 Å². The zero-order valence-electron chi connectivity index (χ0n) is 10.7. The van der Waals surface area contributed by atoms with Gasteiger partial charge in [-0.25, -0.2) is 4.79 Å². The maximum absolute atomic E-state index is 11.9. The highest BCUT2D eigenvalue weighted by molar-refractivity contribution is 5.69. The molecule has 6 heteroatoms. The molecule has 0 aliphatic carbocycles. The van der Waals surface area contributed by atoms with E-state index >= 15 is 0 Å². The van der Waals surface area contributed by atoms with Gasteiger partial charge in [-0.2, -0.15) is 0 Å². The Morgan fingerprint density at radius 2 is 2.00 bits per heavy atom. The summed E-state index contributed by atoms with van der Waals surface area (Å²) in [6.45, 7) is 4.56. The van der Waals surface area contributed by atoms with Crippen LogP contribution in [0.1, 0.15) is 26.7 Å². The Hall–Kier alpha value is -1.85. The third-order valence-electron chi connectivity index (χ3n) is 2.45. The van der Waals surface area contributed by atoms with Crippen molar-refractivity contribution in [2.75, 3.05) is 6.61 Å². The van der Waals surface area contributed by atoms with E-state index in [4.69, 9.17) is 4.74 Å². The summed E-state index contributed by atoms with van der Waals surface area (Å²) in [5, 5.41) is 0. The van der Waals surface area contributed by atoms with E-state index in [1.54, 1.807) is 6.92 Å². The van der Waals surface area contributed by atoms with Gasteiger partial charge in [0.15, 0.2) is 0 Å². The maximum atomic E-state index is 11.9. The van der Waals surface area contributed by atoms with Crippen LogP contribution < -0.4 is 11.2 Å². The van der Waals surface area contributed by atoms with Crippen molar-refractivity contribution in [2.24, 2.45) is 0 Å². The monoisotopic (exact) mass is 254 g/mol. The lowest BCUT2D eigenvalue weighted by Crippen LogP contribution is -2.39. The lowest BCUT2D eigenvalue weighted by atomic mass is 10.4. The van der Waals surface area contributed by atoms with Gasteiger partial charge in [-0.05, 0) is 13.3 Å². The maximum Gasteiger partial charge on any atom is 0.330 e. The quantitative estimate of drug-likeness (QED) is 0.688. The molecule has 0 spiro atoms. The van der Waals surface area contributed by atoms with Crippen molar-refractivity contribution in [2.45, 2.75) is 39.8 Å². The van der Waals surface area contributed by atoms with Crippen molar-refractivity contribution >= 4 is 5.97 Å². The molecule has 0 aliphatic heterocycles. The van der Waals surface area contributed by atoms with Gasteiger partial charge >= 0.3 is 11.7 Å². The van der Waals surface area contributed by atoms with E-state index in [0.29, 0.717) is 13.2 Å². The second-order valence-corrected chi connectivity index (χ2v) is 3.84. The topological polar surface area (TPSA) is 70.3 Å². The van der Waals surface area contributed by atoms with E-state index in [-0.39, 0.29) is 18.7 Å². The normalized spacial score (nSPS) is 10.3. The Bertz CT molecular complexity index is 516. The molecular formula is C12H18N2O4. The number of hydrogen-bond donors (Lipinski definition) is 0. The fourth-order valence-electron chi connectivity index (χ4n) is 1.61. The summed E-state index contributed by atoms with van der Waals surface area (Å²) in [4.78, 5) is 34.7. The second kappa shape index (κ2) is 6.78. The number of nitrogens with zero attached hydrogens (tertiary/aromatic N) is 2. The van der Waals surface area contributed by atoms with E-state index in [1.165, 1.54) is 16.8 Å². The first-order valence-electron chi connectivity index (χ1n) is 6.06. The summed E-state index contributed by atoms with van der Waals surface area (Å²) >= 11 is 0. The predicted molar refractivity (Wildman–Crippen MR) is 66.5 cm³/mol. The highest BCUT2D eigenvalue weighted by atomic mass is 16.5. The molecule has 100 valence electrons. The Morgan fingerprint density at radius 1 is 1.28 bits per heavy atom. The van der Waals surface area contributed by atoms with Crippen LogP contribution in [0.4, 0.5) is 0 Å². The van der Waals surface area contributed by atoms with Gasteiger partial charge in [-0.1, -0.05) is 6.92 Å². The number of aryl methyl sites for hydroxylation is 1. The Labute approximate surface area is 105 Å². The molecule has 0 fully saturated rings. The van der Waals surface area contributed by atoms with Gasteiger partial charge in [0.05, 0.1) is 13.0 Å². The van der Waals surface area contributed by atoms with E-state index < -0.39 is 11.5 Å². The fraction of sp³-hybridized carbons (Fsp3) is 0.583. The van der Waals surface area contributed by atoms with Gasteiger partial charge < -0.3 is 9.30 Å². The third-order valence-corrected chi connectivity index (χ3v) is 2.45. The molecule has 0 aromatic carbocycles. The van der Waals surface area contributed by atoms with Gasteiger partial charge in [0.2, 0.25) is 0 Å². The first kappa shape index (κ1) is 14.2. The number of carbonyl (C=O) groups excluding carboxylic acids is 1. The van der Waals surface area contributed by atoms with Gasteiger partial charge in [0.25, 0.3) is 5.56 Å². The minimum atomic E-state index is -0.408. The Morgan fingerprint density at radius 3 is 2.61 bits per heavy atom. The van der Waals surface area contributed by atoms with Crippen molar-refractivity contribution in [3.8, 4) is 0 Å². The highest BCUT2D eigenvalue weighted by Gasteiger charge is 2.08. The SMILES string of the molecule is CCCn1ccc(=O)n(CCC(=O)OCC)c1=O. The summed E-state index contributed by atoms with van der Waals surface area (Å²) in [5.74, 6) is -0.408. The minimum Gasteiger partial charge on any atom is -0.466 e. The predicted octanol–water partition coefficient (Wildman–Crippen LogP) is 0.373. The number of carbonyl (C=O) groups is 1. The molecular weight excluding hydrogens is 236 g/mol. The Balaban J connectivity index is 2.88. The molecule has 6 nitrogen and oxygen atoms in total. The van der Waals surface area contributed by atoms with Gasteiger partial charge in [-0.3, -0.25) is 14.2 Å². The van der Waals surface area contributed by atoms with Crippen LogP contribution in [0.2, 0.25) is 0 Å². The number of aromatic nitrogens is 2. The molecule has 0 bridgehead atoms. The van der Waals surface area contributed by atoms with E-state index in [0.717, 1.165) is 11.0 Å². The number of rotatable bonds is 6. The largest absolute Gasteiger partial charge is 0.466 e. The van der Waals surface area contributed by atoms with Crippen LogP contribution in [-0.4, -0.2) is 21.7 Å². The van der Waals surface area contributed by atoms with Crippen LogP contribution in [0.5, 0.6) is 0 Å². The molecule has 0 atom stereocenters. The van der Waals surface area contributed by atoms with Gasteiger partial charge in [-0.15, -0.1) is 0 Å². The smallest absolute Gasteiger partial charge is 0.330 e. The van der Waals surface area contributed by atoms with Crippen molar-refractivity contribution in [1.82, 2.24) is 9.13 Å². The molecule has 0 unspecified atom stereocenters. The zero-order valence-corrected chi connectivity index (χ0v) is 10.7. The van der Waals surface area contributed by atoms with Crippen molar-refractivity contribution in [3.05, 3.63) is 33.1 Å². The van der Waals surface area contributed by atoms with Crippen LogP contribution in [-0.2, 0) is 22.6 Å². The van der Waals surface area contributed by atoms with E-state index in [9.17, 15) is 14.4 Å². The summed E-state index contributed by atoms with van der Waals surface area (Å²) < 4.78 is 7.28. The zero-order chi connectivity index (χ0) is 13.5. The first-order valence-corrected chi connectivity index (χ1v) is 6.06. The first-order chi connectivity index (χ1) is 8.60. The van der Waals surface area contributed by atoms with E-state index in [1.807, 2.05) is 6.92 Å². The second-order valence-electron chi connectivity index (χ2n) is 3.84. The summed E-state index contributed by atoms with van der Waals surface area (Å²) in [5.41, 5.74) is -0.773. The van der Waals surface area contributed by atoms with Crippen LogP contribution in [0, 0.1) is 0 Å². The number of ether oxygens (including phenoxy) is 1.